The van der Waals surface area contributed by atoms with Crippen LogP contribution in [0.2, 0.25) is 0 Å². The van der Waals surface area contributed by atoms with Crippen LogP contribution in [0.25, 0.3) is 0 Å². The molecule has 0 aromatic carbocycles. The van der Waals surface area contributed by atoms with Crippen molar-refractivity contribution in [3.05, 3.63) is 0 Å². The summed E-state index contributed by atoms with van der Waals surface area (Å²) in [6.45, 7) is 5.65. The molecule has 2 N–H and O–H groups in total. The predicted molar refractivity (Wildman–Crippen MR) is 72.7 cm³/mol. The average molecular weight is 256 g/mol. The van der Waals surface area contributed by atoms with Crippen molar-refractivity contribution in [1.29, 1.82) is 0 Å². The number of nitrogens with two attached hydrogens (primary N) is 1. The predicted octanol–water partition coefficient (Wildman–Crippen LogP) is 1.38. The lowest BCUT2D eigenvalue weighted by Crippen LogP contribution is -2.52. The standard InChI is InChI=1S/C14H28N2O2/c1-12(3-7-15)16(2)13-4-8-18-14(11-13)5-9-17-10-6-14/h12-13H,3-11,15H2,1-2H3. The number of hydrogen-bond donors (Lipinski definition) is 1. The first-order valence-electron chi connectivity index (χ1n) is 7.30. The topological polar surface area (TPSA) is 47.7 Å². The normalized spacial score (nSPS) is 29.7. The second kappa shape index (κ2) is 6.33. The first-order valence-corrected chi connectivity index (χ1v) is 7.30. The van der Waals surface area contributed by atoms with Gasteiger partial charge in [0.1, 0.15) is 0 Å². The Morgan fingerprint density at radius 1 is 1.33 bits per heavy atom. The number of hydrogen-bond acceptors (Lipinski definition) is 4. The molecule has 0 amide bonds. The average Bonchev–Trinajstić information content (AvgIpc) is 2.39. The molecule has 18 heavy (non-hydrogen) atoms. The Bertz CT molecular complexity index is 249. The SMILES string of the molecule is CC(CCN)N(C)C1CCOC2(CCOCC2)C1. The highest BCUT2D eigenvalue weighted by Crippen LogP contribution is 2.36. The fourth-order valence-electron chi connectivity index (χ4n) is 3.25. The van der Waals surface area contributed by atoms with Crippen LogP contribution in [-0.2, 0) is 9.47 Å². The maximum Gasteiger partial charge on any atom is 0.0741 e. The Morgan fingerprint density at radius 3 is 2.72 bits per heavy atom. The molecule has 0 aromatic heterocycles. The van der Waals surface area contributed by atoms with Gasteiger partial charge in [-0.15, -0.1) is 0 Å². The van der Waals surface area contributed by atoms with E-state index in [4.69, 9.17) is 15.2 Å². The largest absolute Gasteiger partial charge is 0.381 e. The maximum atomic E-state index is 6.10. The van der Waals surface area contributed by atoms with Crippen molar-refractivity contribution in [2.75, 3.05) is 33.4 Å². The van der Waals surface area contributed by atoms with Gasteiger partial charge in [-0.3, -0.25) is 0 Å². The molecule has 4 nitrogen and oxygen atoms in total. The summed E-state index contributed by atoms with van der Waals surface area (Å²) in [6, 6.07) is 1.20. The van der Waals surface area contributed by atoms with Crippen LogP contribution in [0.5, 0.6) is 0 Å². The first kappa shape index (κ1) is 14.3. The van der Waals surface area contributed by atoms with E-state index in [1.54, 1.807) is 0 Å². The summed E-state index contributed by atoms with van der Waals surface area (Å²) in [4.78, 5) is 2.51. The quantitative estimate of drug-likeness (QED) is 0.825. The van der Waals surface area contributed by atoms with Crippen LogP contribution in [-0.4, -0.2) is 56.0 Å². The number of rotatable bonds is 4. The minimum Gasteiger partial charge on any atom is -0.381 e. The highest BCUT2D eigenvalue weighted by Gasteiger charge is 2.40. The van der Waals surface area contributed by atoms with Crippen molar-refractivity contribution < 1.29 is 9.47 Å². The summed E-state index contributed by atoms with van der Waals surface area (Å²) in [6.07, 6.45) is 5.49. The molecule has 2 fully saturated rings. The second-order valence-electron chi connectivity index (χ2n) is 5.88. The molecule has 2 heterocycles. The third kappa shape index (κ3) is 3.23. The molecule has 2 rings (SSSR count). The molecule has 2 unspecified atom stereocenters. The molecule has 106 valence electrons. The van der Waals surface area contributed by atoms with Crippen LogP contribution >= 0.6 is 0 Å². The van der Waals surface area contributed by atoms with Gasteiger partial charge < -0.3 is 20.1 Å². The summed E-state index contributed by atoms with van der Waals surface area (Å²) >= 11 is 0. The van der Waals surface area contributed by atoms with E-state index < -0.39 is 0 Å². The van der Waals surface area contributed by atoms with Gasteiger partial charge in [-0.05, 0) is 52.6 Å². The van der Waals surface area contributed by atoms with Crippen LogP contribution in [0.4, 0.5) is 0 Å². The third-order valence-corrected chi connectivity index (χ3v) is 4.73. The van der Waals surface area contributed by atoms with E-state index in [0.29, 0.717) is 12.1 Å². The maximum absolute atomic E-state index is 6.10. The van der Waals surface area contributed by atoms with Crippen molar-refractivity contribution in [3.63, 3.8) is 0 Å². The minimum absolute atomic E-state index is 0.0951. The highest BCUT2D eigenvalue weighted by atomic mass is 16.5. The van der Waals surface area contributed by atoms with Crippen LogP contribution < -0.4 is 5.73 Å². The molecule has 0 aliphatic carbocycles. The molecule has 4 heteroatoms. The zero-order valence-corrected chi connectivity index (χ0v) is 11.9. The van der Waals surface area contributed by atoms with Crippen LogP contribution in [0.15, 0.2) is 0 Å². The van der Waals surface area contributed by atoms with Gasteiger partial charge in [-0.1, -0.05) is 0 Å². The van der Waals surface area contributed by atoms with Gasteiger partial charge in [0, 0.05) is 31.9 Å². The molecule has 0 aromatic rings. The van der Waals surface area contributed by atoms with Crippen molar-refractivity contribution in [2.45, 2.75) is 56.7 Å². The molecule has 2 saturated heterocycles. The molecule has 0 radical (unpaired) electrons. The van der Waals surface area contributed by atoms with E-state index in [1.165, 1.54) is 0 Å². The summed E-state index contributed by atoms with van der Waals surface area (Å²) in [5.41, 5.74) is 5.76. The van der Waals surface area contributed by atoms with E-state index in [-0.39, 0.29) is 5.60 Å². The van der Waals surface area contributed by atoms with E-state index in [1.807, 2.05) is 0 Å². The molecule has 1 spiro atoms. The summed E-state index contributed by atoms with van der Waals surface area (Å²) in [5, 5.41) is 0. The van der Waals surface area contributed by atoms with Gasteiger partial charge in [0.15, 0.2) is 0 Å². The van der Waals surface area contributed by atoms with Crippen LogP contribution in [0.3, 0.4) is 0 Å². The van der Waals surface area contributed by atoms with Gasteiger partial charge in [0.05, 0.1) is 5.60 Å². The van der Waals surface area contributed by atoms with E-state index in [9.17, 15) is 0 Å². The first-order chi connectivity index (χ1) is 8.67. The Balaban J connectivity index is 1.93. The Morgan fingerprint density at radius 2 is 2.06 bits per heavy atom. The van der Waals surface area contributed by atoms with E-state index in [2.05, 4.69) is 18.9 Å². The number of nitrogens with zero attached hydrogens (tertiary/aromatic N) is 1. The molecule has 0 saturated carbocycles. The Labute approximate surface area is 111 Å². The van der Waals surface area contributed by atoms with Gasteiger partial charge in [0.2, 0.25) is 0 Å². The minimum atomic E-state index is 0.0951. The fraction of sp³-hybridized carbons (Fsp3) is 1.00. The van der Waals surface area contributed by atoms with Gasteiger partial charge in [0.25, 0.3) is 0 Å². The summed E-state index contributed by atoms with van der Waals surface area (Å²) in [5.74, 6) is 0. The lowest BCUT2D eigenvalue weighted by Gasteiger charge is -2.46. The van der Waals surface area contributed by atoms with Crippen LogP contribution in [0, 0.1) is 0 Å². The summed E-state index contributed by atoms with van der Waals surface area (Å²) < 4.78 is 11.6. The molecule has 2 aliphatic rings. The molecular formula is C14H28N2O2. The monoisotopic (exact) mass is 256 g/mol. The molecular weight excluding hydrogens is 228 g/mol. The van der Waals surface area contributed by atoms with Gasteiger partial charge in [-0.2, -0.15) is 0 Å². The Kier molecular flexibility index (Phi) is 5.01. The lowest BCUT2D eigenvalue weighted by molar-refractivity contribution is -0.151. The Hall–Kier alpha value is -0.160. The van der Waals surface area contributed by atoms with Crippen molar-refractivity contribution in [1.82, 2.24) is 4.90 Å². The fourth-order valence-corrected chi connectivity index (χ4v) is 3.25. The smallest absolute Gasteiger partial charge is 0.0741 e. The summed E-state index contributed by atoms with van der Waals surface area (Å²) in [7, 11) is 2.24. The zero-order valence-electron chi connectivity index (χ0n) is 11.9. The zero-order chi connectivity index (χ0) is 13.0. The molecule has 0 bridgehead atoms. The molecule has 2 atom stereocenters. The van der Waals surface area contributed by atoms with Crippen molar-refractivity contribution >= 4 is 0 Å². The van der Waals surface area contributed by atoms with E-state index >= 15 is 0 Å². The third-order valence-electron chi connectivity index (χ3n) is 4.73. The van der Waals surface area contributed by atoms with Crippen molar-refractivity contribution in [2.24, 2.45) is 5.73 Å². The highest BCUT2D eigenvalue weighted by molar-refractivity contribution is 4.92. The lowest BCUT2D eigenvalue weighted by atomic mass is 9.83. The second-order valence-corrected chi connectivity index (χ2v) is 5.88. The van der Waals surface area contributed by atoms with Crippen molar-refractivity contribution in [3.8, 4) is 0 Å². The van der Waals surface area contributed by atoms with Crippen LogP contribution in [0.1, 0.15) is 39.0 Å². The molecule has 2 aliphatic heterocycles. The van der Waals surface area contributed by atoms with E-state index in [0.717, 1.165) is 58.5 Å². The van der Waals surface area contributed by atoms with Gasteiger partial charge in [-0.25, -0.2) is 0 Å². The van der Waals surface area contributed by atoms with Gasteiger partial charge >= 0.3 is 0 Å². The number of ether oxygens (including phenoxy) is 2.